The van der Waals surface area contributed by atoms with E-state index in [1.807, 2.05) is 37.1 Å². The Hall–Kier alpha value is -0.580. The van der Waals surface area contributed by atoms with E-state index < -0.39 is 0 Å². The first-order valence-electron chi connectivity index (χ1n) is 6.35. The Balaban J connectivity index is 0.00000180. The van der Waals surface area contributed by atoms with Crippen LogP contribution in [0, 0.1) is 6.92 Å². The molecule has 106 valence electrons. The topological polar surface area (TPSA) is 32.3 Å². The van der Waals surface area contributed by atoms with Gasteiger partial charge in [0.25, 0.3) is 5.91 Å². The molecule has 1 N–H and O–H groups in total. The molecule has 1 amide bonds. The van der Waals surface area contributed by atoms with Gasteiger partial charge in [0.1, 0.15) is 0 Å². The minimum absolute atomic E-state index is 0. The molecule has 1 aliphatic rings. The van der Waals surface area contributed by atoms with E-state index in [0.29, 0.717) is 6.04 Å². The second-order valence-corrected chi connectivity index (χ2v) is 5.73. The van der Waals surface area contributed by atoms with Gasteiger partial charge in [-0.1, -0.05) is 15.9 Å². The maximum absolute atomic E-state index is 12.5. The lowest BCUT2D eigenvalue weighted by Gasteiger charge is -2.25. The van der Waals surface area contributed by atoms with E-state index in [1.165, 1.54) is 0 Å². The summed E-state index contributed by atoms with van der Waals surface area (Å²) in [5.41, 5.74) is 1.85. The minimum Gasteiger partial charge on any atom is -0.334 e. The van der Waals surface area contributed by atoms with Crippen molar-refractivity contribution in [2.75, 3.05) is 20.1 Å². The number of benzene rings is 1. The van der Waals surface area contributed by atoms with Crippen LogP contribution in [-0.2, 0) is 0 Å². The van der Waals surface area contributed by atoms with Crippen molar-refractivity contribution in [3.63, 3.8) is 0 Å². The van der Waals surface area contributed by atoms with Crippen molar-refractivity contribution in [3.8, 4) is 0 Å². The first-order chi connectivity index (χ1) is 8.63. The van der Waals surface area contributed by atoms with Crippen LogP contribution >= 0.6 is 28.3 Å². The number of rotatable bonds is 3. The van der Waals surface area contributed by atoms with Gasteiger partial charge < -0.3 is 10.2 Å². The zero-order chi connectivity index (χ0) is 13.1. The number of carbonyl (C=O) groups excluding carboxylic acids is 1. The normalized spacial score (nSPS) is 18.3. The van der Waals surface area contributed by atoms with Gasteiger partial charge in [-0.3, -0.25) is 4.79 Å². The number of likely N-dealkylation sites (tertiary alicyclic amines) is 1. The first-order valence-corrected chi connectivity index (χ1v) is 7.14. The van der Waals surface area contributed by atoms with Gasteiger partial charge in [-0.2, -0.15) is 0 Å². The van der Waals surface area contributed by atoms with E-state index in [9.17, 15) is 4.79 Å². The Morgan fingerprint density at radius 1 is 1.53 bits per heavy atom. The fraction of sp³-hybridized carbons (Fsp3) is 0.500. The van der Waals surface area contributed by atoms with E-state index in [0.717, 1.165) is 41.5 Å². The molecular formula is C14H20BrClN2O. The highest BCUT2D eigenvalue weighted by molar-refractivity contribution is 9.10. The molecule has 1 saturated heterocycles. The highest BCUT2D eigenvalue weighted by Crippen LogP contribution is 2.23. The molecule has 0 radical (unpaired) electrons. The van der Waals surface area contributed by atoms with Crippen molar-refractivity contribution in [2.24, 2.45) is 0 Å². The first kappa shape index (κ1) is 16.5. The molecule has 0 saturated carbocycles. The lowest BCUT2D eigenvalue weighted by atomic mass is 10.1. The Morgan fingerprint density at radius 2 is 2.26 bits per heavy atom. The number of halogens is 2. The number of nitrogens with zero attached hydrogens (tertiary/aromatic N) is 1. The molecule has 19 heavy (non-hydrogen) atoms. The molecule has 1 unspecified atom stereocenters. The molecule has 3 nitrogen and oxygen atoms in total. The monoisotopic (exact) mass is 346 g/mol. The quantitative estimate of drug-likeness (QED) is 0.911. The standard InChI is InChI=1S/C14H19BrN2O.ClH/c1-10-8-11(15)5-6-13(10)14(18)17-7-3-4-12(17)9-16-2;/h5-6,8,12,16H,3-4,7,9H2,1-2H3;1H. The molecule has 1 heterocycles. The number of amides is 1. The summed E-state index contributed by atoms with van der Waals surface area (Å²) in [5.74, 6) is 0.165. The summed E-state index contributed by atoms with van der Waals surface area (Å²) in [6.45, 7) is 3.74. The molecular weight excluding hydrogens is 328 g/mol. The SMILES string of the molecule is CNCC1CCCN1C(=O)c1ccc(Br)cc1C.Cl. The van der Waals surface area contributed by atoms with Gasteiger partial charge in [0.2, 0.25) is 0 Å². The summed E-state index contributed by atoms with van der Waals surface area (Å²) in [6, 6.07) is 6.18. The molecule has 1 aromatic rings. The third-order valence-corrected chi connectivity index (χ3v) is 3.99. The van der Waals surface area contributed by atoms with Gasteiger partial charge in [0.05, 0.1) is 0 Å². The van der Waals surface area contributed by atoms with Crippen molar-refractivity contribution in [1.82, 2.24) is 10.2 Å². The zero-order valence-corrected chi connectivity index (χ0v) is 13.7. The van der Waals surface area contributed by atoms with Crippen LogP contribution in [-0.4, -0.2) is 37.0 Å². The van der Waals surface area contributed by atoms with Gasteiger partial charge in [0, 0.05) is 29.2 Å². The Kier molecular flexibility index (Phi) is 6.30. The van der Waals surface area contributed by atoms with Crippen LogP contribution in [0.15, 0.2) is 22.7 Å². The maximum atomic E-state index is 12.5. The summed E-state index contributed by atoms with van der Waals surface area (Å²) in [4.78, 5) is 14.6. The minimum atomic E-state index is 0. The molecule has 0 aromatic heterocycles. The van der Waals surface area contributed by atoms with E-state index in [4.69, 9.17) is 0 Å². The van der Waals surface area contributed by atoms with Gasteiger partial charge in [-0.15, -0.1) is 12.4 Å². The lowest BCUT2D eigenvalue weighted by molar-refractivity contribution is 0.0736. The summed E-state index contributed by atoms with van der Waals surface area (Å²) in [7, 11) is 1.94. The van der Waals surface area contributed by atoms with E-state index in [-0.39, 0.29) is 18.3 Å². The second kappa shape index (κ2) is 7.27. The van der Waals surface area contributed by atoms with Crippen molar-refractivity contribution in [3.05, 3.63) is 33.8 Å². The zero-order valence-electron chi connectivity index (χ0n) is 11.3. The summed E-state index contributed by atoms with van der Waals surface area (Å²) in [5, 5.41) is 3.17. The molecule has 5 heteroatoms. The number of hydrogen-bond acceptors (Lipinski definition) is 2. The number of aryl methyl sites for hydroxylation is 1. The molecule has 0 aliphatic carbocycles. The lowest BCUT2D eigenvalue weighted by Crippen LogP contribution is -2.41. The fourth-order valence-electron chi connectivity index (χ4n) is 2.57. The van der Waals surface area contributed by atoms with Crippen LogP contribution in [0.25, 0.3) is 0 Å². The summed E-state index contributed by atoms with van der Waals surface area (Å²) >= 11 is 3.43. The largest absolute Gasteiger partial charge is 0.334 e. The Bertz CT molecular complexity index is 453. The van der Waals surface area contributed by atoms with E-state index in [1.54, 1.807) is 0 Å². The van der Waals surface area contributed by atoms with Gasteiger partial charge in [-0.05, 0) is 50.6 Å². The Morgan fingerprint density at radius 3 is 2.89 bits per heavy atom. The van der Waals surface area contributed by atoms with Crippen LogP contribution in [0.2, 0.25) is 0 Å². The number of likely N-dealkylation sites (N-methyl/N-ethyl adjacent to an activating group) is 1. The predicted molar refractivity (Wildman–Crippen MR) is 84.1 cm³/mol. The smallest absolute Gasteiger partial charge is 0.254 e. The van der Waals surface area contributed by atoms with Crippen LogP contribution in [0.4, 0.5) is 0 Å². The maximum Gasteiger partial charge on any atom is 0.254 e. The average Bonchev–Trinajstić information content (AvgIpc) is 2.77. The second-order valence-electron chi connectivity index (χ2n) is 4.81. The van der Waals surface area contributed by atoms with Crippen molar-refractivity contribution >= 4 is 34.2 Å². The predicted octanol–water partition coefficient (Wildman–Crippen LogP) is 3.00. The van der Waals surface area contributed by atoms with Crippen molar-refractivity contribution < 1.29 is 4.79 Å². The summed E-state index contributed by atoms with van der Waals surface area (Å²) in [6.07, 6.45) is 2.20. The average molecular weight is 348 g/mol. The molecule has 1 atom stereocenters. The molecule has 0 spiro atoms. The third-order valence-electron chi connectivity index (χ3n) is 3.50. The van der Waals surface area contributed by atoms with Crippen LogP contribution in [0.5, 0.6) is 0 Å². The van der Waals surface area contributed by atoms with Crippen molar-refractivity contribution in [1.29, 1.82) is 0 Å². The van der Waals surface area contributed by atoms with Gasteiger partial charge in [-0.25, -0.2) is 0 Å². The van der Waals surface area contributed by atoms with E-state index >= 15 is 0 Å². The van der Waals surface area contributed by atoms with Crippen LogP contribution in [0.3, 0.4) is 0 Å². The molecule has 1 aromatic carbocycles. The highest BCUT2D eigenvalue weighted by atomic mass is 79.9. The Labute approximate surface area is 129 Å². The van der Waals surface area contributed by atoms with Crippen molar-refractivity contribution in [2.45, 2.75) is 25.8 Å². The van der Waals surface area contributed by atoms with Gasteiger partial charge >= 0.3 is 0 Å². The van der Waals surface area contributed by atoms with E-state index in [2.05, 4.69) is 21.2 Å². The molecule has 2 rings (SSSR count). The number of carbonyl (C=O) groups is 1. The van der Waals surface area contributed by atoms with Gasteiger partial charge in [0.15, 0.2) is 0 Å². The molecule has 1 fully saturated rings. The number of hydrogen-bond donors (Lipinski definition) is 1. The fourth-order valence-corrected chi connectivity index (χ4v) is 3.05. The molecule has 1 aliphatic heterocycles. The van der Waals surface area contributed by atoms with Crippen LogP contribution < -0.4 is 5.32 Å². The molecule has 0 bridgehead atoms. The summed E-state index contributed by atoms with van der Waals surface area (Å²) < 4.78 is 1.02. The number of nitrogens with one attached hydrogen (secondary N) is 1. The van der Waals surface area contributed by atoms with Crippen LogP contribution in [0.1, 0.15) is 28.8 Å². The highest BCUT2D eigenvalue weighted by Gasteiger charge is 2.29. The third kappa shape index (κ3) is 3.71.